The molecule has 2 aromatic rings. The fourth-order valence-electron chi connectivity index (χ4n) is 2.30. The molecule has 4 heteroatoms. The number of amides is 1. The molecule has 1 amide bonds. The summed E-state index contributed by atoms with van der Waals surface area (Å²) in [5, 5.41) is 5.70. The predicted octanol–water partition coefficient (Wildman–Crippen LogP) is 3.22. The number of benzene rings is 2. The lowest BCUT2D eigenvalue weighted by atomic mass is 10.1. The van der Waals surface area contributed by atoms with Crippen LogP contribution in [0.25, 0.3) is 0 Å². The molecule has 0 heterocycles. The minimum absolute atomic E-state index is 0.00239. The predicted molar refractivity (Wildman–Crippen MR) is 91.2 cm³/mol. The Labute approximate surface area is 136 Å². The lowest BCUT2D eigenvalue weighted by Gasteiger charge is -2.13. The van der Waals surface area contributed by atoms with Crippen LogP contribution < -0.4 is 10.6 Å². The average molecular weight is 318 g/mol. The molecule has 3 nitrogen and oxygen atoms in total. The zero-order chi connectivity index (χ0) is 16.1. The highest BCUT2D eigenvalue weighted by Gasteiger charge is 2.12. The molecule has 2 aromatic carbocycles. The molecule has 1 atom stereocenters. The molecule has 22 heavy (non-hydrogen) atoms. The quantitative estimate of drug-likeness (QED) is 0.874. The van der Waals surface area contributed by atoms with E-state index in [0.717, 1.165) is 21.8 Å². The molecule has 0 aliphatic rings. The molecule has 0 aliphatic carbocycles. The van der Waals surface area contributed by atoms with Crippen LogP contribution in [0.5, 0.6) is 0 Å². The van der Waals surface area contributed by atoms with E-state index >= 15 is 0 Å². The van der Waals surface area contributed by atoms with Crippen molar-refractivity contribution in [3.8, 4) is 0 Å². The standard InChI is InChI=1S/C18H21ClN2O/c1-12-6-4-9-17(13(12)2)21-18(22)11-20-14(3)15-7-5-8-16(19)10-15/h4-10,14,20H,11H2,1-3H3,(H,21,22)/p+1/t14-/m1/s1. The smallest absolute Gasteiger partial charge is 0.279 e. The van der Waals surface area contributed by atoms with Crippen molar-refractivity contribution in [3.63, 3.8) is 0 Å². The number of hydrogen-bond donors (Lipinski definition) is 2. The van der Waals surface area contributed by atoms with Crippen LogP contribution in [0.1, 0.15) is 29.7 Å². The van der Waals surface area contributed by atoms with Crippen molar-refractivity contribution >= 4 is 23.2 Å². The number of nitrogens with two attached hydrogens (primary N) is 1. The Kier molecular flexibility index (Phi) is 5.58. The molecular formula is C18H22ClN2O+. The third-order valence-corrected chi connectivity index (χ3v) is 4.15. The number of rotatable bonds is 5. The minimum atomic E-state index is 0.00239. The van der Waals surface area contributed by atoms with E-state index in [4.69, 9.17) is 11.6 Å². The van der Waals surface area contributed by atoms with Crippen LogP contribution in [0.4, 0.5) is 5.69 Å². The highest BCUT2D eigenvalue weighted by atomic mass is 35.5. The third-order valence-electron chi connectivity index (χ3n) is 3.91. The molecule has 116 valence electrons. The Morgan fingerprint density at radius 1 is 1.23 bits per heavy atom. The molecule has 0 spiro atoms. The van der Waals surface area contributed by atoms with Crippen LogP contribution in [-0.4, -0.2) is 12.5 Å². The van der Waals surface area contributed by atoms with Gasteiger partial charge >= 0.3 is 0 Å². The van der Waals surface area contributed by atoms with Crippen molar-refractivity contribution < 1.29 is 10.1 Å². The molecule has 0 saturated carbocycles. The SMILES string of the molecule is Cc1cccc(NC(=O)C[NH2+][C@H](C)c2cccc(Cl)c2)c1C. The summed E-state index contributed by atoms with van der Waals surface area (Å²) >= 11 is 6.00. The van der Waals surface area contributed by atoms with E-state index in [1.807, 2.05) is 61.6 Å². The molecule has 0 saturated heterocycles. The first-order valence-corrected chi connectivity index (χ1v) is 7.80. The molecular weight excluding hydrogens is 296 g/mol. The summed E-state index contributed by atoms with van der Waals surface area (Å²) in [5.74, 6) is 0.00239. The van der Waals surface area contributed by atoms with Gasteiger partial charge in [-0.25, -0.2) is 0 Å². The minimum Gasteiger partial charge on any atom is -0.333 e. The molecule has 0 aromatic heterocycles. The van der Waals surface area contributed by atoms with E-state index < -0.39 is 0 Å². The van der Waals surface area contributed by atoms with Crippen LogP contribution in [0.15, 0.2) is 42.5 Å². The van der Waals surface area contributed by atoms with E-state index in [-0.39, 0.29) is 11.9 Å². The maximum atomic E-state index is 12.1. The molecule has 2 rings (SSSR count). The topological polar surface area (TPSA) is 45.7 Å². The monoisotopic (exact) mass is 317 g/mol. The van der Waals surface area contributed by atoms with Crippen LogP contribution >= 0.6 is 11.6 Å². The number of nitrogens with one attached hydrogen (secondary N) is 1. The Bertz CT molecular complexity index is 670. The molecule has 3 N–H and O–H groups in total. The maximum Gasteiger partial charge on any atom is 0.279 e. The molecule has 0 radical (unpaired) electrons. The summed E-state index contributed by atoms with van der Waals surface area (Å²) in [4.78, 5) is 12.1. The number of hydrogen-bond acceptors (Lipinski definition) is 1. The second kappa shape index (κ2) is 7.43. The highest BCUT2D eigenvalue weighted by molar-refractivity contribution is 6.30. The van der Waals surface area contributed by atoms with Gasteiger partial charge in [0.05, 0.1) is 0 Å². The zero-order valence-corrected chi connectivity index (χ0v) is 13.9. The number of halogens is 1. The van der Waals surface area contributed by atoms with Gasteiger partial charge in [-0.1, -0.05) is 35.9 Å². The number of carbonyl (C=O) groups excluding carboxylic acids is 1. The van der Waals surface area contributed by atoms with E-state index in [1.165, 1.54) is 5.56 Å². The van der Waals surface area contributed by atoms with Crippen LogP contribution in [0.2, 0.25) is 5.02 Å². The summed E-state index contributed by atoms with van der Waals surface area (Å²) in [6, 6.07) is 13.8. The van der Waals surface area contributed by atoms with Crippen molar-refractivity contribution in [2.75, 3.05) is 11.9 Å². The normalized spacial score (nSPS) is 12.0. The second-order valence-electron chi connectivity index (χ2n) is 5.58. The Morgan fingerprint density at radius 2 is 1.95 bits per heavy atom. The number of aryl methyl sites for hydroxylation is 1. The highest BCUT2D eigenvalue weighted by Crippen LogP contribution is 2.17. The number of carbonyl (C=O) groups is 1. The fraction of sp³-hybridized carbons (Fsp3) is 0.278. The van der Waals surface area contributed by atoms with Gasteiger partial charge in [0.25, 0.3) is 5.91 Å². The number of anilines is 1. The van der Waals surface area contributed by atoms with E-state index in [9.17, 15) is 4.79 Å². The van der Waals surface area contributed by atoms with Gasteiger partial charge in [-0.15, -0.1) is 0 Å². The first kappa shape index (κ1) is 16.5. The van der Waals surface area contributed by atoms with Crippen molar-refractivity contribution in [1.82, 2.24) is 0 Å². The molecule has 0 unspecified atom stereocenters. The summed E-state index contributed by atoms with van der Waals surface area (Å²) in [5.41, 5.74) is 4.29. The molecule has 0 fully saturated rings. The van der Waals surface area contributed by atoms with E-state index in [1.54, 1.807) is 0 Å². The van der Waals surface area contributed by atoms with Gasteiger partial charge in [-0.2, -0.15) is 0 Å². The van der Waals surface area contributed by atoms with Gasteiger partial charge in [0.1, 0.15) is 6.04 Å². The molecule has 0 bridgehead atoms. The largest absolute Gasteiger partial charge is 0.333 e. The van der Waals surface area contributed by atoms with Gasteiger partial charge < -0.3 is 10.6 Å². The van der Waals surface area contributed by atoms with Crippen LogP contribution in [0, 0.1) is 13.8 Å². The third kappa shape index (κ3) is 4.33. The van der Waals surface area contributed by atoms with E-state index in [0.29, 0.717) is 6.54 Å². The van der Waals surface area contributed by atoms with Crippen molar-refractivity contribution in [1.29, 1.82) is 0 Å². The fourth-order valence-corrected chi connectivity index (χ4v) is 2.50. The van der Waals surface area contributed by atoms with Gasteiger partial charge in [-0.05, 0) is 50.1 Å². The van der Waals surface area contributed by atoms with Crippen LogP contribution in [-0.2, 0) is 4.79 Å². The Balaban J connectivity index is 1.91. The second-order valence-corrected chi connectivity index (χ2v) is 6.02. The van der Waals surface area contributed by atoms with Crippen molar-refractivity contribution in [2.45, 2.75) is 26.8 Å². The summed E-state index contributed by atoms with van der Waals surface area (Å²) in [6.07, 6.45) is 0. The lowest BCUT2D eigenvalue weighted by molar-refractivity contribution is -0.682. The van der Waals surface area contributed by atoms with Crippen molar-refractivity contribution in [2.24, 2.45) is 0 Å². The van der Waals surface area contributed by atoms with E-state index in [2.05, 4.69) is 12.2 Å². The summed E-state index contributed by atoms with van der Waals surface area (Å²) in [7, 11) is 0. The van der Waals surface area contributed by atoms with Crippen molar-refractivity contribution in [3.05, 3.63) is 64.2 Å². The van der Waals surface area contributed by atoms with Crippen LogP contribution in [0.3, 0.4) is 0 Å². The molecule has 0 aliphatic heterocycles. The van der Waals surface area contributed by atoms with Gasteiger partial charge in [0.2, 0.25) is 0 Å². The first-order valence-electron chi connectivity index (χ1n) is 7.42. The van der Waals surface area contributed by atoms with Gasteiger partial charge in [-0.3, -0.25) is 4.79 Å². The summed E-state index contributed by atoms with van der Waals surface area (Å²) < 4.78 is 0. The zero-order valence-electron chi connectivity index (χ0n) is 13.2. The Morgan fingerprint density at radius 3 is 2.68 bits per heavy atom. The summed E-state index contributed by atoms with van der Waals surface area (Å²) in [6.45, 7) is 6.50. The van der Waals surface area contributed by atoms with Gasteiger partial charge in [0, 0.05) is 16.3 Å². The average Bonchev–Trinajstić information content (AvgIpc) is 2.49. The maximum absolute atomic E-state index is 12.1. The first-order chi connectivity index (χ1) is 10.5. The number of quaternary nitrogens is 1. The lowest BCUT2D eigenvalue weighted by Crippen LogP contribution is -2.86. The Hall–Kier alpha value is -1.84. The van der Waals surface area contributed by atoms with Gasteiger partial charge in [0.15, 0.2) is 6.54 Å².